The summed E-state index contributed by atoms with van der Waals surface area (Å²) < 4.78 is 5.41. The summed E-state index contributed by atoms with van der Waals surface area (Å²) >= 11 is 0. The second-order valence-corrected chi connectivity index (χ2v) is 11.7. The number of piperidine rings is 1. The van der Waals surface area contributed by atoms with Crippen LogP contribution in [0.15, 0.2) is 48.8 Å². The van der Waals surface area contributed by atoms with Gasteiger partial charge >= 0.3 is 6.03 Å². The molecule has 9 nitrogen and oxygen atoms in total. The molecule has 43 heavy (non-hydrogen) atoms. The molecule has 9 heteroatoms. The molecule has 4 rings (SSSR count). The quantitative estimate of drug-likeness (QED) is 0.281. The van der Waals surface area contributed by atoms with Gasteiger partial charge < -0.3 is 31.3 Å². The van der Waals surface area contributed by atoms with Gasteiger partial charge in [-0.2, -0.15) is 0 Å². The number of nitrogens with two attached hydrogens (primary N) is 2. The summed E-state index contributed by atoms with van der Waals surface area (Å²) in [5.74, 6) is 0.425. The van der Waals surface area contributed by atoms with Crippen molar-refractivity contribution in [3.05, 3.63) is 87.7 Å². The highest BCUT2D eigenvalue weighted by Crippen LogP contribution is 2.30. The number of carbonyl (C=O) groups is 2. The highest BCUT2D eigenvalue weighted by atomic mass is 16.5. The monoisotopic (exact) mass is 586 g/mol. The van der Waals surface area contributed by atoms with Gasteiger partial charge in [0.05, 0.1) is 7.11 Å². The van der Waals surface area contributed by atoms with Gasteiger partial charge in [0.25, 0.3) is 0 Å². The number of aryl methyl sites for hydroxylation is 2. The number of amides is 3. The van der Waals surface area contributed by atoms with Crippen molar-refractivity contribution in [3.63, 3.8) is 0 Å². The molecule has 0 bridgehead atoms. The van der Waals surface area contributed by atoms with Gasteiger partial charge in [0, 0.05) is 61.9 Å². The Morgan fingerprint density at radius 1 is 1.07 bits per heavy atom. The van der Waals surface area contributed by atoms with Gasteiger partial charge in [-0.05, 0) is 117 Å². The summed E-state index contributed by atoms with van der Waals surface area (Å²) in [5, 5.41) is 2.71. The summed E-state index contributed by atoms with van der Waals surface area (Å²) in [6.07, 6.45) is 7.64. The molecule has 5 N–H and O–H groups in total. The molecular formula is C34H46N6O3. The topological polar surface area (TPSA) is 127 Å². The number of nitrogens with zero attached hydrogens (tertiary/aromatic N) is 3. The van der Waals surface area contributed by atoms with Crippen LogP contribution in [0, 0.1) is 20.8 Å². The molecule has 0 aliphatic carbocycles. The van der Waals surface area contributed by atoms with Crippen molar-refractivity contribution in [1.29, 1.82) is 0 Å². The Labute approximate surface area is 255 Å². The summed E-state index contributed by atoms with van der Waals surface area (Å²) in [6.45, 7) is 11.4. The van der Waals surface area contributed by atoms with E-state index in [2.05, 4.69) is 52.1 Å². The van der Waals surface area contributed by atoms with Crippen LogP contribution in [0.3, 0.4) is 0 Å². The fourth-order valence-electron chi connectivity index (χ4n) is 6.40. The van der Waals surface area contributed by atoms with E-state index in [4.69, 9.17) is 16.2 Å². The maximum atomic E-state index is 12.2. The Hall–Kier alpha value is -4.11. The molecule has 0 unspecified atom stereocenters. The van der Waals surface area contributed by atoms with Crippen molar-refractivity contribution in [1.82, 2.24) is 15.2 Å². The standard InChI is InChI=1S/C34H46N6O3/c1-22-12-15-37-19-27(22)21-40(28-7-9-30(43-5)10-8-28)29-13-16-39(17-14-29)24(3)6-11-31-25(4)32(33(35)41)23(2)18-26(31)20-38-34(36)42/h7-10,12,15,18-19,24,29H,6,11,13-14,16-17,20-21H2,1-5H3,(H2,35,41)(H3,36,38,42)/t24-/m1/s1. The van der Waals surface area contributed by atoms with E-state index in [-0.39, 0.29) is 0 Å². The van der Waals surface area contributed by atoms with Crippen molar-refractivity contribution >= 4 is 17.6 Å². The van der Waals surface area contributed by atoms with Crippen LogP contribution in [0.2, 0.25) is 0 Å². The van der Waals surface area contributed by atoms with Crippen LogP contribution in [0.5, 0.6) is 5.75 Å². The van der Waals surface area contributed by atoms with Crippen LogP contribution in [-0.4, -0.2) is 54.1 Å². The Kier molecular flexibility index (Phi) is 10.6. The second-order valence-electron chi connectivity index (χ2n) is 11.7. The Bertz CT molecular complexity index is 1420. The molecule has 2 aromatic carbocycles. The average Bonchev–Trinajstić information content (AvgIpc) is 2.99. The van der Waals surface area contributed by atoms with E-state index in [1.54, 1.807) is 7.11 Å². The van der Waals surface area contributed by atoms with Gasteiger partial charge in [-0.1, -0.05) is 6.07 Å². The maximum Gasteiger partial charge on any atom is 0.312 e. The summed E-state index contributed by atoms with van der Waals surface area (Å²) in [5.41, 5.74) is 19.1. The van der Waals surface area contributed by atoms with Crippen molar-refractivity contribution in [2.45, 2.75) is 78.6 Å². The molecule has 2 heterocycles. The van der Waals surface area contributed by atoms with Gasteiger partial charge in [0.1, 0.15) is 5.75 Å². The third-order valence-corrected chi connectivity index (χ3v) is 8.97. The normalized spacial score (nSPS) is 14.7. The van der Waals surface area contributed by atoms with Crippen LogP contribution in [0.25, 0.3) is 0 Å². The van der Waals surface area contributed by atoms with Crippen LogP contribution < -0.4 is 26.4 Å². The SMILES string of the molecule is COc1ccc(N(Cc2cnccc2C)C2CCN([C@H](C)CCc3c(CNC(N)=O)cc(C)c(C(N)=O)c3C)CC2)cc1. The third-order valence-electron chi connectivity index (χ3n) is 8.97. The zero-order chi connectivity index (χ0) is 31.1. The highest BCUT2D eigenvalue weighted by molar-refractivity contribution is 5.96. The van der Waals surface area contributed by atoms with Crippen LogP contribution in [0.4, 0.5) is 10.5 Å². The number of ether oxygens (including phenoxy) is 1. The lowest BCUT2D eigenvalue weighted by atomic mass is 9.88. The zero-order valence-electron chi connectivity index (χ0n) is 26.2. The molecule has 0 radical (unpaired) electrons. The number of rotatable bonds is 12. The Morgan fingerprint density at radius 3 is 2.37 bits per heavy atom. The third kappa shape index (κ3) is 7.84. The van der Waals surface area contributed by atoms with E-state index in [1.165, 1.54) is 16.8 Å². The predicted molar refractivity (Wildman–Crippen MR) is 171 cm³/mol. The molecule has 230 valence electrons. The molecule has 0 saturated carbocycles. The smallest absolute Gasteiger partial charge is 0.312 e. The number of urea groups is 1. The summed E-state index contributed by atoms with van der Waals surface area (Å²) in [4.78, 5) is 33.1. The van der Waals surface area contributed by atoms with E-state index in [9.17, 15) is 9.59 Å². The number of nitrogens with one attached hydrogen (secondary N) is 1. The van der Waals surface area contributed by atoms with E-state index < -0.39 is 11.9 Å². The van der Waals surface area contributed by atoms with Crippen molar-refractivity contribution in [2.75, 3.05) is 25.1 Å². The fourth-order valence-corrected chi connectivity index (χ4v) is 6.40. The maximum absolute atomic E-state index is 12.2. The predicted octanol–water partition coefficient (Wildman–Crippen LogP) is 4.77. The lowest BCUT2D eigenvalue weighted by molar-refractivity contribution is 0.0999. The lowest BCUT2D eigenvalue weighted by Crippen LogP contribution is -2.47. The van der Waals surface area contributed by atoms with Gasteiger partial charge in [0.2, 0.25) is 5.91 Å². The lowest BCUT2D eigenvalue weighted by Gasteiger charge is -2.42. The zero-order valence-corrected chi connectivity index (χ0v) is 26.2. The average molecular weight is 587 g/mol. The minimum atomic E-state index is -0.571. The molecule has 1 saturated heterocycles. The van der Waals surface area contributed by atoms with E-state index in [0.29, 0.717) is 24.2 Å². The van der Waals surface area contributed by atoms with Crippen LogP contribution >= 0.6 is 0 Å². The largest absolute Gasteiger partial charge is 0.497 e. The van der Waals surface area contributed by atoms with Crippen molar-refractivity contribution < 1.29 is 14.3 Å². The number of aromatic nitrogens is 1. The first-order valence-electron chi connectivity index (χ1n) is 15.1. The molecule has 3 aromatic rings. The molecule has 1 aliphatic rings. The van der Waals surface area contributed by atoms with E-state index in [1.807, 2.05) is 44.4 Å². The van der Waals surface area contributed by atoms with Crippen LogP contribution in [-0.2, 0) is 19.5 Å². The van der Waals surface area contributed by atoms with Crippen LogP contribution in [0.1, 0.15) is 69.9 Å². The number of anilines is 1. The molecular weight excluding hydrogens is 540 g/mol. The van der Waals surface area contributed by atoms with E-state index in [0.717, 1.165) is 73.3 Å². The first-order valence-corrected chi connectivity index (χ1v) is 15.1. The number of pyridine rings is 1. The minimum absolute atomic E-state index is 0.322. The first kappa shape index (κ1) is 31.8. The van der Waals surface area contributed by atoms with Crippen molar-refractivity contribution in [2.24, 2.45) is 11.5 Å². The summed E-state index contributed by atoms with van der Waals surface area (Å²) in [7, 11) is 1.69. The molecule has 1 aromatic heterocycles. The van der Waals surface area contributed by atoms with Gasteiger partial charge in [-0.3, -0.25) is 9.78 Å². The molecule has 1 atom stereocenters. The summed E-state index contributed by atoms with van der Waals surface area (Å²) in [6, 6.07) is 12.6. The fraction of sp³-hybridized carbons (Fsp3) is 0.441. The second kappa shape index (κ2) is 14.4. The number of hydrogen-bond acceptors (Lipinski definition) is 6. The molecule has 1 aliphatic heterocycles. The molecule has 1 fully saturated rings. The van der Waals surface area contributed by atoms with Gasteiger partial charge in [0.15, 0.2) is 0 Å². The van der Waals surface area contributed by atoms with Gasteiger partial charge in [-0.25, -0.2) is 4.79 Å². The van der Waals surface area contributed by atoms with Crippen molar-refractivity contribution in [3.8, 4) is 5.75 Å². The number of carbonyl (C=O) groups excluding carboxylic acids is 2. The minimum Gasteiger partial charge on any atom is -0.497 e. The van der Waals surface area contributed by atoms with Gasteiger partial charge in [-0.15, -0.1) is 0 Å². The number of benzene rings is 2. The number of hydrogen-bond donors (Lipinski definition) is 3. The Balaban J connectivity index is 1.45. The number of methoxy groups -OCH3 is 1. The highest BCUT2D eigenvalue weighted by Gasteiger charge is 2.28. The van der Waals surface area contributed by atoms with E-state index >= 15 is 0 Å². The Morgan fingerprint density at radius 2 is 1.77 bits per heavy atom. The first-order chi connectivity index (χ1) is 20.6. The number of primary amides is 2. The number of likely N-dealkylation sites (tertiary alicyclic amines) is 1. The molecule has 0 spiro atoms. The molecule has 3 amide bonds.